The number of rotatable bonds is 3. The van der Waals surface area contributed by atoms with Gasteiger partial charge in [0.05, 0.1) is 6.04 Å². The third-order valence-electron chi connectivity index (χ3n) is 5.00. The Bertz CT molecular complexity index is 817. The van der Waals surface area contributed by atoms with E-state index in [9.17, 15) is 9.59 Å². The second kappa shape index (κ2) is 6.52. The normalized spacial score (nSPS) is 19.7. The van der Waals surface area contributed by atoms with Gasteiger partial charge in [0.25, 0.3) is 5.91 Å². The maximum absolute atomic E-state index is 13.2. The summed E-state index contributed by atoms with van der Waals surface area (Å²) >= 11 is 1.78. The molecule has 1 atom stereocenters. The molecule has 1 saturated heterocycles. The monoisotopic (exact) mass is 355 g/mol. The molecule has 3 heterocycles. The summed E-state index contributed by atoms with van der Waals surface area (Å²) in [6.45, 7) is 4.15. The van der Waals surface area contributed by atoms with Gasteiger partial charge in [0.1, 0.15) is 0 Å². The lowest BCUT2D eigenvalue weighted by Gasteiger charge is -2.35. The van der Waals surface area contributed by atoms with Crippen LogP contribution < -0.4 is 10.2 Å². The Kier molecular flexibility index (Phi) is 4.21. The molecular formula is C19H21N3O2S. The Labute approximate surface area is 151 Å². The molecule has 0 unspecified atom stereocenters. The number of carbonyl (C=O) groups is 2. The number of nitrogens with zero attached hydrogens (tertiary/aromatic N) is 2. The van der Waals surface area contributed by atoms with Crippen molar-refractivity contribution in [2.45, 2.75) is 25.8 Å². The van der Waals surface area contributed by atoms with Gasteiger partial charge >= 0.3 is 6.03 Å². The smallest absolute Gasteiger partial charge is 0.321 e. The number of nitrogens with one attached hydrogen (secondary N) is 1. The molecule has 2 aliphatic heterocycles. The molecule has 0 radical (unpaired) electrons. The van der Waals surface area contributed by atoms with Crippen molar-refractivity contribution in [3.8, 4) is 0 Å². The summed E-state index contributed by atoms with van der Waals surface area (Å²) in [4.78, 5) is 30.1. The summed E-state index contributed by atoms with van der Waals surface area (Å²) in [7, 11) is 0. The fourth-order valence-electron chi connectivity index (χ4n) is 3.77. The quantitative estimate of drug-likeness (QED) is 0.917. The lowest BCUT2D eigenvalue weighted by molar-refractivity contribution is 0.0657. The first-order chi connectivity index (χ1) is 12.2. The van der Waals surface area contributed by atoms with Crippen LogP contribution >= 0.6 is 11.3 Å². The molecule has 1 aromatic heterocycles. The van der Waals surface area contributed by atoms with E-state index in [-0.39, 0.29) is 18.0 Å². The number of hydrogen-bond acceptors (Lipinski definition) is 3. The topological polar surface area (TPSA) is 52.7 Å². The molecule has 130 valence electrons. The van der Waals surface area contributed by atoms with Crippen molar-refractivity contribution in [3.63, 3.8) is 0 Å². The Morgan fingerprint density at radius 3 is 2.96 bits per heavy atom. The van der Waals surface area contributed by atoms with Gasteiger partial charge in [-0.1, -0.05) is 13.0 Å². The lowest BCUT2D eigenvalue weighted by Crippen LogP contribution is -2.39. The fraction of sp³-hybridized carbons (Fsp3) is 0.368. The molecule has 1 fully saturated rings. The average Bonchev–Trinajstić information content (AvgIpc) is 3.28. The molecule has 0 aliphatic carbocycles. The van der Waals surface area contributed by atoms with Gasteiger partial charge in [-0.3, -0.25) is 9.69 Å². The third kappa shape index (κ3) is 2.80. The second-order valence-corrected chi connectivity index (χ2v) is 7.41. The number of benzene rings is 1. The summed E-state index contributed by atoms with van der Waals surface area (Å²) in [5.74, 6) is 0.0464. The van der Waals surface area contributed by atoms with Crippen molar-refractivity contribution in [3.05, 3.63) is 51.7 Å². The highest BCUT2D eigenvalue weighted by Gasteiger charge is 2.31. The Morgan fingerprint density at radius 2 is 2.20 bits per heavy atom. The van der Waals surface area contributed by atoms with Crippen molar-refractivity contribution < 1.29 is 9.59 Å². The molecule has 4 rings (SSSR count). The molecule has 0 saturated carbocycles. The molecular weight excluding hydrogens is 334 g/mol. The van der Waals surface area contributed by atoms with Crippen molar-refractivity contribution in [2.75, 3.05) is 24.5 Å². The van der Waals surface area contributed by atoms with Gasteiger partial charge in [-0.25, -0.2) is 4.79 Å². The molecule has 1 aromatic carbocycles. The van der Waals surface area contributed by atoms with E-state index in [0.29, 0.717) is 18.7 Å². The fourth-order valence-corrected chi connectivity index (χ4v) is 4.70. The minimum atomic E-state index is -0.100. The largest absolute Gasteiger partial charge is 0.336 e. The molecule has 3 amide bonds. The van der Waals surface area contributed by atoms with Crippen LogP contribution in [0.3, 0.4) is 0 Å². The van der Waals surface area contributed by atoms with E-state index in [4.69, 9.17) is 0 Å². The van der Waals surface area contributed by atoms with E-state index in [1.807, 2.05) is 29.2 Å². The van der Waals surface area contributed by atoms with Crippen molar-refractivity contribution in [1.82, 2.24) is 10.2 Å². The molecule has 6 heteroatoms. The average molecular weight is 355 g/mol. The zero-order valence-corrected chi connectivity index (χ0v) is 15.0. The minimum absolute atomic E-state index is 0.0464. The molecule has 2 aliphatic rings. The van der Waals surface area contributed by atoms with Crippen LogP contribution in [0.5, 0.6) is 0 Å². The zero-order chi connectivity index (χ0) is 17.4. The van der Waals surface area contributed by atoms with Crippen LogP contribution in [0.15, 0.2) is 35.7 Å². The van der Waals surface area contributed by atoms with E-state index in [0.717, 1.165) is 25.1 Å². The van der Waals surface area contributed by atoms with Crippen molar-refractivity contribution >= 4 is 29.0 Å². The van der Waals surface area contributed by atoms with Crippen LogP contribution in [0.2, 0.25) is 0 Å². The van der Waals surface area contributed by atoms with E-state index < -0.39 is 0 Å². The number of amides is 3. The van der Waals surface area contributed by atoms with E-state index >= 15 is 0 Å². The maximum Gasteiger partial charge on any atom is 0.321 e. The van der Waals surface area contributed by atoms with Crippen LogP contribution in [0.1, 0.15) is 40.2 Å². The van der Waals surface area contributed by atoms with E-state index in [2.05, 4.69) is 23.7 Å². The summed E-state index contributed by atoms with van der Waals surface area (Å²) in [6.07, 6.45) is 1.83. The molecule has 25 heavy (non-hydrogen) atoms. The van der Waals surface area contributed by atoms with Gasteiger partial charge in [0.2, 0.25) is 0 Å². The van der Waals surface area contributed by atoms with E-state index in [1.165, 1.54) is 10.4 Å². The van der Waals surface area contributed by atoms with Gasteiger partial charge < -0.3 is 10.2 Å². The van der Waals surface area contributed by atoms with Crippen LogP contribution in [-0.2, 0) is 6.42 Å². The SMILES string of the molecule is CC[C@@H]1c2ccsc2CCN1C(=O)c1cccc(N2CCNC2=O)c1. The summed E-state index contributed by atoms with van der Waals surface area (Å²) in [5, 5.41) is 4.92. The van der Waals surface area contributed by atoms with Crippen LogP contribution in [0, 0.1) is 0 Å². The Morgan fingerprint density at radius 1 is 1.32 bits per heavy atom. The number of urea groups is 1. The van der Waals surface area contributed by atoms with Crippen LogP contribution in [0.25, 0.3) is 0 Å². The van der Waals surface area contributed by atoms with Crippen LogP contribution in [-0.4, -0.2) is 36.5 Å². The molecule has 1 N–H and O–H groups in total. The highest BCUT2D eigenvalue weighted by atomic mass is 32.1. The maximum atomic E-state index is 13.2. The van der Waals surface area contributed by atoms with Crippen LogP contribution in [0.4, 0.5) is 10.5 Å². The highest BCUT2D eigenvalue weighted by molar-refractivity contribution is 7.10. The van der Waals surface area contributed by atoms with Gasteiger partial charge in [-0.05, 0) is 48.1 Å². The first-order valence-corrected chi connectivity index (χ1v) is 9.59. The zero-order valence-electron chi connectivity index (χ0n) is 14.2. The first-order valence-electron chi connectivity index (χ1n) is 8.71. The van der Waals surface area contributed by atoms with Crippen molar-refractivity contribution in [2.24, 2.45) is 0 Å². The van der Waals surface area contributed by atoms with E-state index in [1.54, 1.807) is 16.2 Å². The summed E-state index contributed by atoms with van der Waals surface area (Å²) in [5.41, 5.74) is 2.72. The van der Waals surface area contributed by atoms with Crippen molar-refractivity contribution in [1.29, 1.82) is 0 Å². The third-order valence-corrected chi connectivity index (χ3v) is 6.00. The number of hydrogen-bond donors (Lipinski definition) is 1. The summed E-state index contributed by atoms with van der Waals surface area (Å²) < 4.78 is 0. The van der Waals surface area contributed by atoms with Gasteiger partial charge in [-0.2, -0.15) is 0 Å². The summed E-state index contributed by atoms with van der Waals surface area (Å²) in [6, 6.07) is 9.61. The lowest BCUT2D eigenvalue weighted by atomic mass is 9.96. The second-order valence-electron chi connectivity index (χ2n) is 6.41. The van der Waals surface area contributed by atoms with Gasteiger partial charge in [-0.15, -0.1) is 11.3 Å². The number of fused-ring (bicyclic) bond motifs is 1. The highest BCUT2D eigenvalue weighted by Crippen LogP contribution is 2.36. The Balaban J connectivity index is 1.62. The number of thiophene rings is 1. The first kappa shape index (κ1) is 16.1. The molecule has 2 aromatic rings. The standard InChI is InChI=1S/C19H21N3O2S/c1-2-16-15-7-11-25-17(15)6-9-22(16)18(23)13-4-3-5-14(12-13)21-10-8-20-19(21)24/h3-5,7,11-12,16H,2,6,8-10H2,1H3,(H,20,24)/t16-/m1/s1. The Hall–Kier alpha value is -2.34. The molecule has 0 bridgehead atoms. The van der Waals surface area contributed by atoms with Gasteiger partial charge in [0, 0.05) is 35.8 Å². The van der Waals surface area contributed by atoms with Gasteiger partial charge in [0.15, 0.2) is 0 Å². The molecule has 0 spiro atoms. The minimum Gasteiger partial charge on any atom is -0.336 e. The number of anilines is 1. The molecule has 5 nitrogen and oxygen atoms in total. The predicted molar refractivity (Wildman–Crippen MR) is 99.3 cm³/mol. The predicted octanol–water partition coefficient (Wildman–Crippen LogP) is 3.43. The number of carbonyl (C=O) groups excluding carboxylic acids is 2.